The van der Waals surface area contributed by atoms with E-state index >= 15 is 0 Å². The topological polar surface area (TPSA) is 24.9 Å². The van der Waals surface area contributed by atoms with Crippen LogP contribution in [0, 0.1) is 0 Å². The Bertz CT molecular complexity index is 671. The second kappa shape index (κ2) is 5.61. The molecule has 96 valence electrons. The van der Waals surface area contributed by atoms with Gasteiger partial charge in [-0.05, 0) is 56.1 Å². The van der Waals surface area contributed by atoms with E-state index in [1.165, 1.54) is 4.70 Å². The van der Waals surface area contributed by atoms with Gasteiger partial charge in [-0.15, -0.1) is 11.3 Å². The number of halogens is 2. The SMILES string of the molecule is Brc1cccc(Br)c1NCc1nc2ccccc2s1. The number of anilines is 1. The number of nitrogens with zero attached hydrogens (tertiary/aromatic N) is 1. The summed E-state index contributed by atoms with van der Waals surface area (Å²) in [5.41, 5.74) is 2.12. The van der Waals surface area contributed by atoms with Crippen LogP contribution in [0.25, 0.3) is 10.2 Å². The lowest BCUT2D eigenvalue weighted by atomic mass is 10.3. The van der Waals surface area contributed by atoms with Crippen LogP contribution in [0.2, 0.25) is 0 Å². The standard InChI is InChI=1S/C14H10Br2N2S/c15-9-4-3-5-10(16)14(9)17-8-13-18-11-6-1-2-7-12(11)19-13/h1-7,17H,8H2. The highest BCUT2D eigenvalue weighted by Gasteiger charge is 2.06. The van der Waals surface area contributed by atoms with Crippen LogP contribution in [0.1, 0.15) is 5.01 Å². The van der Waals surface area contributed by atoms with Crippen molar-refractivity contribution in [2.75, 3.05) is 5.32 Å². The molecule has 1 aromatic heterocycles. The summed E-state index contributed by atoms with van der Waals surface area (Å²) in [5.74, 6) is 0. The zero-order valence-corrected chi connectivity index (χ0v) is 13.8. The summed E-state index contributed by atoms with van der Waals surface area (Å²) in [4.78, 5) is 4.61. The molecular formula is C14H10Br2N2S. The Morgan fingerprint density at radius 2 is 1.74 bits per heavy atom. The van der Waals surface area contributed by atoms with Crippen LogP contribution < -0.4 is 5.32 Å². The van der Waals surface area contributed by atoms with Gasteiger partial charge in [0.15, 0.2) is 0 Å². The number of para-hydroxylation sites is 2. The lowest BCUT2D eigenvalue weighted by Gasteiger charge is -2.08. The van der Waals surface area contributed by atoms with Crippen molar-refractivity contribution < 1.29 is 0 Å². The molecule has 0 radical (unpaired) electrons. The third-order valence-electron chi connectivity index (χ3n) is 2.72. The predicted octanol–water partition coefficient (Wildman–Crippen LogP) is 5.43. The first-order valence-corrected chi connectivity index (χ1v) is 8.16. The fourth-order valence-corrected chi connectivity index (χ4v) is 4.01. The van der Waals surface area contributed by atoms with E-state index in [0.29, 0.717) is 0 Å². The van der Waals surface area contributed by atoms with Crippen LogP contribution in [-0.2, 0) is 6.54 Å². The molecule has 3 aromatic rings. The highest BCUT2D eigenvalue weighted by Crippen LogP contribution is 2.31. The molecule has 5 heteroatoms. The van der Waals surface area contributed by atoms with Gasteiger partial charge in [-0.25, -0.2) is 4.98 Å². The second-order valence-electron chi connectivity index (χ2n) is 4.03. The highest BCUT2D eigenvalue weighted by atomic mass is 79.9. The summed E-state index contributed by atoms with van der Waals surface area (Å²) in [5, 5.41) is 4.50. The van der Waals surface area contributed by atoms with Crippen molar-refractivity contribution in [3.8, 4) is 0 Å². The minimum atomic E-state index is 0.723. The van der Waals surface area contributed by atoms with Crippen LogP contribution >= 0.6 is 43.2 Å². The number of hydrogen-bond acceptors (Lipinski definition) is 3. The van der Waals surface area contributed by atoms with Gasteiger partial charge in [-0.2, -0.15) is 0 Å². The van der Waals surface area contributed by atoms with Gasteiger partial charge in [0.05, 0.1) is 22.4 Å². The number of aromatic nitrogens is 1. The largest absolute Gasteiger partial charge is 0.377 e. The molecule has 0 atom stereocenters. The number of thiazole rings is 1. The predicted molar refractivity (Wildman–Crippen MR) is 88.8 cm³/mol. The molecule has 0 amide bonds. The molecule has 19 heavy (non-hydrogen) atoms. The summed E-state index contributed by atoms with van der Waals surface area (Å²) in [6.07, 6.45) is 0. The molecule has 3 rings (SSSR count). The van der Waals surface area contributed by atoms with Crippen molar-refractivity contribution in [2.24, 2.45) is 0 Å². The van der Waals surface area contributed by atoms with Gasteiger partial charge >= 0.3 is 0 Å². The maximum absolute atomic E-state index is 4.61. The van der Waals surface area contributed by atoms with Gasteiger partial charge in [0, 0.05) is 8.95 Å². The van der Waals surface area contributed by atoms with Crippen molar-refractivity contribution in [1.29, 1.82) is 0 Å². The third kappa shape index (κ3) is 2.83. The summed E-state index contributed by atoms with van der Waals surface area (Å²) >= 11 is 8.82. The van der Waals surface area contributed by atoms with E-state index in [2.05, 4.69) is 48.2 Å². The smallest absolute Gasteiger partial charge is 0.113 e. The summed E-state index contributed by atoms with van der Waals surface area (Å²) in [6.45, 7) is 0.723. The summed E-state index contributed by atoms with van der Waals surface area (Å²) in [6, 6.07) is 14.2. The van der Waals surface area contributed by atoms with Crippen molar-refractivity contribution in [3.05, 3.63) is 56.4 Å². The van der Waals surface area contributed by atoms with Gasteiger partial charge in [0.25, 0.3) is 0 Å². The molecule has 0 bridgehead atoms. The Morgan fingerprint density at radius 1 is 1.00 bits per heavy atom. The van der Waals surface area contributed by atoms with Gasteiger partial charge in [0.1, 0.15) is 5.01 Å². The second-order valence-corrected chi connectivity index (χ2v) is 6.85. The Hall–Kier alpha value is -0.910. The number of benzene rings is 2. The minimum absolute atomic E-state index is 0.723. The molecule has 0 saturated heterocycles. The van der Waals surface area contributed by atoms with Crippen molar-refractivity contribution in [3.63, 3.8) is 0 Å². The average molecular weight is 398 g/mol. The first-order chi connectivity index (χ1) is 9.24. The monoisotopic (exact) mass is 396 g/mol. The van der Waals surface area contributed by atoms with Gasteiger partial charge in [0.2, 0.25) is 0 Å². The molecule has 2 aromatic carbocycles. The van der Waals surface area contributed by atoms with Crippen molar-refractivity contribution >= 4 is 59.1 Å². The Kier molecular flexibility index (Phi) is 3.86. The molecular weight excluding hydrogens is 388 g/mol. The van der Waals surface area contributed by atoms with E-state index < -0.39 is 0 Å². The van der Waals surface area contributed by atoms with Crippen molar-refractivity contribution in [1.82, 2.24) is 4.98 Å². The van der Waals surface area contributed by atoms with E-state index in [1.54, 1.807) is 11.3 Å². The van der Waals surface area contributed by atoms with E-state index in [0.717, 1.165) is 31.7 Å². The van der Waals surface area contributed by atoms with E-state index in [-0.39, 0.29) is 0 Å². The molecule has 1 N–H and O–H groups in total. The fraction of sp³-hybridized carbons (Fsp3) is 0.0714. The van der Waals surface area contributed by atoms with Crippen molar-refractivity contribution in [2.45, 2.75) is 6.54 Å². The quantitative estimate of drug-likeness (QED) is 0.636. The maximum Gasteiger partial charge on any atom is 0.113 e. The van der Waals surface area contributed by atoms with Gasteiger partial charge in [-0.3, -0.25) is 0 Å². The number of nitrogens with one attached hydrogen (secondary N) is 1. The molecule has 2 nitrogen and oxygen atoms in total. The minimum Gasteiger partial charge on any atom is -0.377 e. The molecule has 0 aliphatic rings. The number of rotatable bonds is 3. The third-order valence-corrected chi connectivity index (χ3v) is 5.08. The highest BCUT2D eigenvalue weighted by molar-refractivity contribution is 9.11. The molecule has 1 heterocycles. The van der Waals surface area contributed by atoms with E-state index in [9.17, 15) is 0 Å². The van der Waals surface area contributed by atoms with E-state index in [1.807, 2.05) is 36.4 Å². The first-order valence-electron chi connectivity index (χ1n) is 5.76. The summed E-state index contributed by atoms with van der Waals surface area (Å²) in [7, 11) is 0. The van der Waals surface area contributed by atoms with Gasteiger partial charge in [-0.1, -0.05) is 18.2 Å². The van der Waals surface area contributed by atoms with Crippen LogP contribution in [0.15, 0.2) is 51.4 Å². The Labute approximate surface area is 132 Å². The van der Waals surface area contributed by atoms with Crippen LogP contribution in [0.5, 0.6) is 0 Å². The normalized spacial score (nSPS) is 10.8. The summed E-state index contributed by atoms with van der Waals surface area (Å²) < 4.78 is 3.32. The maximum atomic E-state index is 4.61. The number of fused-ring (bicyclic) bond motifs is 1. The number of hydrogen-bond donors (Lipinski definition) is 1. The molecule has 0 fully saturated rings. The zero-order valence-electron chi connectivity index (χ0n) is 9.86. The molecule has 0 spiro atoms. The average Bonchev–Trinajstić information content (AvgIpc) is 2.81. The first kappa shape index (κ1) is 13.1. The lowest BCUT2D eigenvalue weighted by Crippen LogP contribution is -2.00. The van der Waals surface area contributed by atoms with E-state index in [4.69, 9.17) is 0 Å². The van der Waals surface area contributed by atoms with Crippen LogP contribution in [0.3, 0.4) is 0 Å². The molecule has 0 unspecified atom stereocenters. The molecule has 0 aliphatic heterocycles. The zero-order chi connectivity index (χ0) is 13.2. The molecule has 0 saturated carbocycles. The molecule has 0 aliphatic carbocycles. The Morgan fingerprint density at radius 3 is 2.47 bits per heavy atom. The lowest BCUT2D eigenvalue weighted by molar-refractivity contribution is 1.11. The Balaban J connectivity index is 1.82. The van der Waals surface area contributed by atoms with Crippen LogP contribution in [-0.4, -0.2) is 4.98 Å². The van der Waals surface area contributed by atoms with Crippen LogP contribution in [0.4, 0.5) is 5.69 Å². The fourth-order valence-electron chi connectivity index (χ4n) is 1.83. The van der Waals surface area contributed by atoms with Gasteiger partial charge < -0.3 is 5.32 Å².